The van der Waals surface area contributed by atoms with Crippen LogP contribution in [0.5, 0.6) is 0 Å². The van der Waals surface area contributed by atoms with Gasteiger partial charge in [0, 0.05) is 13.0 Å². The van der Waals surface area contributed by atoms with Crippen LogP contribution >= 0.6 is 0 Å². The van der Waals surface area contributed by atoms with Crippen molar-refractivity contribution < 1.29 is 32.5 Å². The van der Waals surface area contributed by atoms with Crippen molar-refractivity contribution in [1.29, 1.82) is 0 Å². The third kappa shape index (κ3) is 5.07. The first kappa shape index (κ1) is 23.5. The van der Waals surface area contributed by atoms with Gasteiger partial charge in [0.15, 0.2) is 11.5 Å². The van der Waals surface area contributed by atoms with Gasteiger partial charge in [-0.05, 0) is 57.2 Å². The van der Waals surface area contributed by atoms with Crippen LogP contribution in [0.2, 0.25) is 0 Å². The van der Waals surface area contributed by atoms with Gasteiger partial charge in [0.05, 0.1) is 16.8 Å². The molecule has 0 saturated heterocycles. The molecule has 1 aromatic carbocycles. The summed E-state index contributed by atoms with van der Waals surface area (Å²) in [7, 11) is -4.21. The lowest BCUT2D eigenvalue weighted by atomic mass is 9.84. The summed E-state index contributed by atoms with van der Waals surface area (Å²) in [5, 5.41) is 4.13. The molecule has 3 N–H and O–H groups in total. The molecule has 1 aliphatic rings. The minimum atomic E-state index is -5.14. The molecule has 0 aliphatic heterocycles. The molecule has 0 bridgehead atoms. The van der Waals surface area contributed by atoms with Crippen molar-refractivity contribution in [3.8, 4) is 11.3 Å². The number of alkyl halides is 3. The van der Waals surface area contributed by atoms with Gasteiger partial charge in [0.25, 0.3) is 0 Å². The maximum atomic E-state index is 13.2. The lowest BCUT2D eigenvalue weighted by Crippen LogP contribution is -2.45. The van der Waals surface area contributed by atoms with Gasteiger partial charge in [-0.3, -0.25) is 0 Å². The second-order valence-corrected chi connectivity index (χ2v) is 10.2. The number of sulfonamides is 1. The highest BCUT2D eigenvalue weighted by Crippen LogP contribution is 2.34. The maximum absolute atomic E-state index is 13.2. The zero-order valence-electron chi connectivity index (χ0n) is 19.8. The van der Waals surface area contributed by atoms with Gasteiger partial charge in [-0.2, -0.15) is 18.3 Å². The topological polar surface area (TPSA) is 142 Å². The van der Waals surface area contributed by atoms with Gasteiger partial charge >= 0.3 is 12.1 Å². The predicted molar refractivity (Wildman–Crippen MR) is 118 cm³/mol. The predicted octanol–water partition coefficient (Wildman–Crippen LogP) is 2.77. The maximum Gasteiger partial charge on any atom is 0.490 e. The van der Waals surface area contributed by atoms with Crippen LogP contribution in [0, 0.1) is 6.92 Å². The van der Waals surface area contributed by atoms with E-state index in [-0.39, 0.29) is 36.4 Å². The number of benzene rings is 1. The van der Waals surface area contributed by atoms with E-state index in [0.29, 0.717) is 16.9 Å². The minimum Gasteiger partial charge on any atom is -0.453 e. The average Bonchev–Trinajstić information content (AvgIpc) is 3.21. The van der Waals surface area contributed by atoms with E-state index in [2.05, 4.69) is 24.5 Å². The fourth-order valence-corrected chi connectivity index (χ4v) is 5.10. The first-order chi connectivity index (χ1) is 16.6. The Morgan fingerprint density at radius 2 is 2.00 bits per heavy atom. The van der Waals surface area contributed by atoms with Crippen LogP contribution in [0.3, 0.4) is 0 Å². The van der Waals surface area contributed by atoms with Crippen molar-refractivity contribution in [2.75, 3.05) is 5.73 Å². The molecule has 2 heterocycles. The molecule has 35 heavy (non-hydrogen) atoms. The first-order valence-corrected chi connectivity index (χ1v) is 12.0. The molecule has 0 amide bonds. The number of aryl methyl sites for hydroxylation is 1. The summed E-state index contributed by atoms with van der Waals surface area (Å²) in [5.74, 6) is -2.16. The second kappa shape index (κ2) is 8.75. The van der Waals surface area contributed by atoms with Gasteiger partial charge in [-0.1, -0.05) is 6.07 Å². The number of carbonyl (C=O) groups excluding carboxylic acids is 1. The zero-order valence-corrected chi connectivity index (χ0v) is 19.6. The van der Waals surface area contributed by atoms with E-state index in [1.165, 1.54) is 36.1 Å². The number of halogens is 3. The summed E-state index contributed by atoms with van der Waals surface area (Å²) in [6.45, 7) is 3.11. The molecular formula is C21H23F3N6O4S. The molecular weight excluding hydrogens is 489 g/mol. The third-order valence-corrected chi connectivity index (χ3v) is 7.32. The molecule has 0 atom stereocenters. The number of imidazole rings is 1. The van der Waals surface area contributed by atoms with E-state index in [9.17, 15) is 26.4 Å². The van der Waals surface area contributed by atoms with Gasteiger partial charge < -0.3 is 10.5 Å². The fraction of sp³-hybridized carbons (Fsp3) is 0.429. The van der Waals surface area contributed by atoms with E-state index in [1.54, 1.807) is 13.0 Å². The van der Waals surface area contributed by atoms with Gasteiger partial charge in [0.1, 0.15) is 11.9 Å². The van der Waals surface area contributed by atoms with Crippen LogP contribution in [0.4, 0.5) is 19.0 Å². The standard InChI is InChI=1S/C21H23F3N6O4S/c1-12-3-4-14(9-15(12)16-10-26-18-17(25)27-11-28-30(16)18)35(32,33)29-13-5-7-20(2,8-6-13)34-19(31)21(22,23)24/h3-4,9-11,13,29H,5-8H2,1-2H3,(H2,25,27,28)/i13D. The highest BCUT2D eigenvalue weighted by Gasteiger charge is 2.46. The number of anilines is 1. The molecule has 10 nitrogen and oxygen atoms in total. The SMILES string of the molecule is [2H]C1(NS(=O)(=O)c2ccc(C)c(-c3cnc4c(N)ncnn34)c2)CCC(C)(OC(=O)C(F)(F)F)CC1. The fourth-order valence-electron chi connectivity index (χ4n) is 3.88. The van der Waals surface area contributed by atoms with Crippen molar-refractivity contribution in [2.24, 2.45) is 0 Å². The minimum absolute atomic E-state index is 0.122. The molecule has 188 valence electrons. The van der Waals surface area contributed by atoms with Crippen LogP contribution < -0.4 is 10.5 Å². The van der Waals surface area contributed by atoms with Crippen LogP contribution in [-0.4, -0.2) is 51.8 Å². The van der Waals surface area contributed by atoms with Gasteiger partial charge in [0.2, 0.25) is 10.0 Å². The van der Waals surface area contributed by atoms with E-state index in [0.717, 1.165) is 5.56 Å². The molecule has 2 aromatic heterocycles. The van der Waals surface area contributed by atoms with Crippen LogP contribution in [0.1, 0.15) is 39.5 Å². The average molecular weight is 514 g/mol. The van der Waals surface area contributed by atoms with Crippen molar-refractivity contribution in [2.45, 2.75) is 62.2 Å². The summed E-state index contributed by atoms with van der Waals surface area (Å²) in [6, 6.07) is 2.70. The zero-order chi connectivity index (χ0) is 26.5. The highest BCUT2D eigenvalue weighted by molar-refractivity contribution is 7.89. The molecule has 1 saturated carbocycles. The van der Waals surface area contributed by atoms with Gasteiger partial charge in [-0.15, -0.1) is 0 Å². The summed E-state index contributed by atoms with van der Waals surface area (Å²) in [5.41, 5.74) is 6.40. The first-order valence-electron chi connectivity index (χ1n) is 11.0. The normalized spacial score (nSPS) is 23.7. The largest absolute Gasteiger partial charge is 0.490 e. The van der Waals surface area contributed by atoms with Crippen molar-refractivity contribution in [3.63, 3.8) is 0 Å². The second-order valence-electron chi connectivity index (χ2n) is 8.55. The van der Waals surface area contributed by atoms with Crippen LogP contribution in [-0.2, 0) is 19.6 Å². The highest BCUT2D eigenvalue weighted by atomic mass is 32.2. The number of nitrogen functional groups attached to an aromatic ring is 1. The van der Waals surface area contributed by atoms with Crippen molar-refractivity contribution >= 4 is 27.5 Å². The summed E-state index contributed by atoms with van der Waals surface area (Å²) in [4.78, 5) is 19.2. The molecule has 1 aliphatic carbocycles. The van der Waals surface area contributed by atoms with Crippen molar-refractivity contribution in [3.05, 3.63) is 36.3 Å². The molecule has 4 rings (SSSR count). The van der Waals surface area contributed by atoms with Crippen LogP contribution in [0.25, 0.3) is 16.9 Å². The Kier molecular flexibility index (Phi) is 5.87. The molecule has 3 aromatic rings. The Morgan fingerprint density at radius 3 is 2.66 bits per heavy atom. The number of aromatic nitrogens is 4. The molecule has 0 unspecified atom stereocenters. The third-order valence-electron chi connectivity index (χ3n) is 5.89. The summed E-state index contributed by atoms with van der Waals surface area (Å²) in [6.07, 6.45) is -2.96. The number of esters is 1. The Hall–Kier alpha value is -3.26. The van der Waals surface area contributed by atoms with E-state index >= 15 is 0 Å². The Bertz CT molecular complexity index is 1440. The molecule has 14 heteroatoms. The number of rotatable bonds is 5. The number of fused-ring (bicyclic) bond motifs is 1. The summed E-state index contributed by atoms with van der Waals surface area (Å²) < 4.78 is 81.1. The number of nitrogens with two attached hydrogens (primary N) is 1. The van der Waals surface area contributed by atoms with E-state index in [4.69, 9.17) is 7.10 Å². The molecule has 0 radical (unpaired) electrons. The number of nitrogens with zero attached hydrogens (tertiary/aromatic N) is 4. The van der Waals surface area contributed by atoms with E-state index in [1.807, 2.05) is 0 Å². The number of hydrogen-bond acceptors (Lipinski definition) is 8. The number of carbonyl (C=O) groups is 1. The van der Waals surface area contributed by atoms with Gasteiger partial charge in [-0.25, -0.2) is 32.4 Å². The van der Waals surface area contributed by atoms with Crippen LogP contribution in [0.15, 0.2) is 35.6 Å². The molecule has 1 fully saturated rings. The number of ether oxygens (including phenoxy) is 1. The molecule has 0 spiro atoms. The van der Waals surface area contributed by atoms with E-state index < -0.39 is 33.8 Å². The Balaban J connectivity index is 1.56. The number of hydrogen-bond donors (Lipinski definition) is 2. The Labute approximate surface area is 200 Å². The number of nitrogens with one attached hydrogen (secondary N) is 1. The smallest absolute Gasteiger partial charge is 0.453 e. The quantitative estimate of drug-likeness (QED) is 0.496. The Morgan fingerprint density at radius 1 is 1.31 bits per heavy atom. The lowest BCUT2D eigenvalue weighted by Gasteiger charge is -2.37. The lowest BCUT2D eigenvalue weighted by molar-refractivity contribution is -0.215. The van der Waals surface area contributed by atoms with Crippen molar-refractivity contribution in [1.82, 2.24) is 24.3 Å². The monoisotopic (exact) mass is 513 g/mol. The summed E-state index contributed by atoms with van der Waals surface area (Å²) >= 11 is 0.